The maximum Gasteiger partial charge on any atom is 0.0455 e. The van der Waals surface area contributed by atoms with E-state index < -0.39 is 0 Å². The molecule has 0 unspecified atom stereocenters. The Balaban J connectivity index is 1.93. The Kier molecular flexibility index (Phi) is 2.62. The summed E-state index contributed by atoms with van der Waals surface area (Å²) in [5.74, 6) is 0. The van der Waals surface area contributed by atoms with Crippen LogP contribution in [-0.4, -0.2) is 0 Å². The zero-order valence-corrected chi connectivity index (χ0v) is 12.3. The largest absolute Gasteiger partial charge is 0.134 e. The number of hydrogen-bond acceptors (Lipinski definition) is 2. The number of hydrogen-bond donors (Lipinski definition) is 0. The third-order valence-corrected chi connectivity index (χ3v) is 5.80. The molecule has 4 aromatic rings. The Morgan fingerprint density at radius 1 is 0.684 bits per heavy atom. The van der Waals surface area contributed by atoms with Crippen molar-refractivity contribution >= 4 is 54.4 Å². The summed E-state index contributed by atoms with van der Waals surface area (Å²) >= 11 is 9.70. The van der Waals surface area contributed by atoms with Crippen LogP contribution in [0.4, 0.5) is 0 Å². The quantitative estimate of drug-likeness (QED) is 0.379. The van der Waals surface area contributed by atoms with Crippen LogP contribution in [0.5, 0.6) is 0 Å². The predicted octanol–water partition coefficient (Wildman–Crippen LogP) is 6.44. The van der Waals surface area contributed by atoms with Gasteiger partial charge in [0.2, 0.25) is 0 Å². The van der Waals surface area contributed by atoms with Crippen molar-refractivity contribution in [1.82, 2.24) is 0 Å². The van der Waals surface area contributed by atoms with Crippen LogP contribution in [0.2, 0.25) is 5.02 Å². The highest BCUT2D eigenvalue weighted by Gasteiger charge is 2.08. The summed E-state index contributed by atoms with van der Waals surface area (Å²) in [4.78, 5) is 2.65. The fourth-order valence-corrected chi connectivity index (χ4v) is 4.70. The normalized spacial score (nSPS) is 11.4. The third kappa shape index (κ3) is 1.96. The monoisotopic (exact) mass is 300 g/mol. The first-order valence-corrected chi connectivity index (χ1v) is 7.99. The van der Waals surface area contributed by atoms with Gasteiger partial charge in [-0.25, -0.2) is 0 Å². The summed E-state index contributed by atoms with van der Waals surface area (Å²) < 4.78 is 2.59. The van der Waals surface area contributed by atoms with Crippen molar-refractivity contribution in [2.24, 2.45) is 0 Å². The maximum atomic E-state index is 6.05. The molecule has 0 aliphatic carbocycles. The van der Waals surface area contributed by atoms with Crippen LogP contribution in [0.3, 0.4) is 0 Å². The van der Waals surface area contributed by atoms with Crippen molar-refractivity contribution in [2.45, 2.75) is 0 Å². The van der Waals surface area contributed by atoms with Gasteiger partial charge in [0.1, 0.15) is 0 Å². The van der Waals surface area contributed by atoms with Crippen LogP contribution in [0, 0.1) is 0 Å². The lowest BCUT2D eigenvalue weighted by atomic mass is 10.2. The highest BCUT2D eigenvalue weighted by Crippen LogP contribution is 2.40. The van der Waals surface area contributed by atoms with Gasteiger partial charge in [-0.1, -0.05) is 35.9 Å². The average Bonchev–Trinajstić information content (AvgIpc) is 3.00. The minimum absolute atomic E-state index is 0.803. The zero-order chi connectivity index (χ0) is 12.8. The highest BCUT2D eigenvalue weighted by atomic mass is 35.5. The van der Waals surface area contributed by atoms with Crippen molar-refractivity contribution in [3.63, 3.8) is 0 Å². The van der Waals surface area contributed by atoms with E-state index in [4.69, 9.17) is 11.6 Å². The lowest BCUT2D eigenvalue weighted by Crippen LogP contribution is -1.61. The van der Waals surface area contributed by atoms with Gasteiger partial charge in [0, 0.05) is 24.2 Å². The van der Waals surface area contributed by atoms with E-state index in [0.717, 1.165) is 5.02 Å². The zero-order valence-electron chi connectivity index (χ0n) is 9.89. The molecule has 0 saturated heterocycles. The van der Waals surface area contributed by atoms with Gasteiger partial charge < -0.3 is 0 Å². The Morgan fingerprint density at radius 3 is 2.16 bits per heavy atom. The molecule has 0 bridgehead atoms. The maximum absolute atomic E-state index is 6.05. The molecular weight excluding hydrogens is 292 g/mol. The van der Waals surface area contributed by atoms with E-state index in [2.05, 4.69) is 42.5 Å². The molecule has 2 aromatic carbocycles. The molecule has 92 valence electrons. The van der Waals surface area contributed by atoms with Crippen molar-refractivity contribution in [2.75, 3.05) is 0 Å². The van der Waals surface area contributed by atoms with Gasteiger partial charge in [-0.2, -0.15) is 0 Å². The molecule has 0 amide bonds. The van der Waals surface area contributed by atoms with Gasteiger partial charge in [-0.15, -0.1) is 22.7 Å². The molecule has 2 heterocycles. The molecule has 0 nitrogen and oxygen atoms in total. The molecule has 0 fully saturated rings. The lowest BCUT2D eigenvalue weighted by Gasteiger charge is -1.88. The molecule has 0 atom stereocenters. The second kappa shape index (κ2) is 4.34. The van der Waals surface area contributed by atoms with Gasteiger partial charge in [0.05, 0.1) is 0 Å². The van der Waals surface area contributed by atoms with Crippen molar-refractivity contribution in [3.8, 4) is 9.75 Å². The summed E-state index contributed by atoms with van der Waals surface area (Å²) in [6.45, 7) is 0. The van der Waals surface area contributed by atoms with E-state index >= 15 is 0 Å². The fraction of sp³-hybridized carbons (Fsp3) is 0. The Hall–Kier alpha value is -1.35. The summed E-state index contributed by atoms with van der Waals surface area (Å²) in [6, 6.07) is 19.1. The summed E-state index contributed by atoms with van der Waals surface area (Å²) in [5, 5.41) is 3.39. The summed E-state index contributed by atoms with van der Waals surface area (Å²) in [6.07, 6.45) is 0. The Morgan fingerprint density at radius 2 is 1.37 bits per heavy atom. The number of benzene rings is 2. The average molecular weight is 301 g/mol. The predicted molar refractivity (Wildman–Crippen MR) is 87.7 cm³/mol. The SMILES string of the molecule is Clc1ccc2cc(-c3cc4ccccc4s3)sc2c1. The molecule has 0 saturated carbocycles. The van der Waals surface area contributed by atoms with Gasteiger partial charge in [0.25, 0.3) is 0 Å². The third-order valence-electron chi connectivity index (χ3n) is 3.15. The van der Waals surface area contributed by atoms with Crippen molar-refractivity contribution < 1.29 is 0 Å². The Bertz CT molecular complexity index is 853. The van der Waals surface area contributed by atoms with E-state index in [1.807, 2.05) is 23.5 Å². The molecule has 19 heavy (non-hydrogen) atoms. The molecule has 0 N–H and O–H groups in total. The summed E-state index contributed by atoms with van der Waals surface area (Å²) in [7, 11) is 0. The van der Waals surface area contributed by atoms with E-state index in [1.165, 1.54) is 29.9 Å². The smallest absolute Gasteiger partial charge is 0.0455 e. The summed E-state index contributed by atoms with van der Waals surface area (Å²) in [5.41, 5.74) is 0. The number of halogens is 1. The first kappa shape index (κ1) is 11.5. The van der Waals surface area contributed by atoms with Crippen LogP contribution in [0.1, 0.15) is 0 Å². The van der Waals surface area contributed by atoms with Crippen molar-refractivity contribution in [1.29, 1.82) is 0 Å². The topological polar surface area (TPSA) is 0 Å². The van der Waals surface area contributed by atoms with Crippen LogP contribution >= 0.6 is 34.3 Å². The van der Waals surface area contributed by atoms with E-state index in [9.17, 15) is 0 Å². The standard InChI is InChI=1S/C16H9ClS2/c17-12-6-5-11-8-16(19-14(11)9-12)15-7-10-3-1-2-4-13(10)18-15/h1-9H. The van der Waals surface area contributed by atoms with Gasteiger partial charge in [-0.3, -0.25) is 0 Å². The molecule has 2 aromatic heterocycles. The molecular formula is C16H9ClS2. The minimum Gasteiger partial charge on any atom is -0.134 e. The van der Waals surface area contributed by atoms with Crippen LogP contribution in [0.15, 0.2) is 54.6 Å². The highest BCUT2D eigenvalue weighted by molar-refractivity contribution is 7.28. The van der Waals surface area contributed by atoms with Crippen LogP contribution < -0.4 is 0 Å². The molecule has 0 radical (unpaired) electrons. The second-order valence-corrected chi connectivity index (χ2v) is 7.05. The van der Waals surface area contributed by atoms with E-state index in [1.54, 1.807) is 11.3 Å². The van der Waals surface area contributed by atoms with Gasteiger partial charge in [0.15, 0.2) is 0 Å². The van der Waals surface area contributed by atoms with Crippen LogP contribution in [0.25, 0.3) is 29.9 Å². The fourth-order valence-electron chi connectivity index (χ4n) is 2.23. The second-order valence-electron chi connectivity index (χ2n) is 4.44. The molecule has 3 heteroatoms. The first-order valence-electron chi connectivity index (χ1n) is 5.98. The lowest BCUT2D eigenvalue weighted by molar-refractivity contribution is 1.84. The molecule has 0 spiro atoms. The number of rotatable bonds is 1. The van der Waals surface area contributed by atoms with Gasteiger partial charge in [-0.05, 0) is 41.1 Å². The Labute approximate surface area is 123 Å². The number of fused-ring (bicyclic) bond motifs is 2. The molecule has 0 aliphatic heterocycles. The van der Waals surface area contributed by atoms with E-state index in [-0.39, 0.29) is 0 Å². The number of thiophene rings is 2. The molecule has 4 rings (SSSR count). The van der Waals surface area contributed by atoms with Crippen LogP contribution in [-0.2, 0) is 0 Å². The minimum atomic E-state index is 0.803. The van der Waals surface area contributed by atoms with Gasteiger partial charge >= 0.3 is 0 Å². The van der Waals surface area contributed by atoms with E-state index in [0.29, 0.717) is 0 Å². The first-order chi connectivity index (χ1) is 9.29. The van der Waals surface area contributed by atoms with Crippen molar-refractivity contribution in [3.05, 3.63) is 59.6 Å². The molecule has 0 aliphatic rings.